The van der Waals surface area contributed by atoms with Crippen LogP contribution in [0.25, 0.3) is 21.8 Å². The average Bonchev–Trinajstić information content (AvgIpc) is 4.06. The Morgan fingerprint density at radius 2 is 1.77 bits per heavy atom. The largest absolute Gasteiger partial charge is 0.480 e. The molecule has 0 spiro atoms. The monoisotopic (exact) mass is 900 g/mol. The molecular formula is C46H52ClF3N10O4. The van der Waals surface area contributed by atoms with Crippen molar-refractivity contribution in [2.45, 2.75) is 82.6 Å². The van der Waals surface area contributed by atoms with E-state index >= 15 is 13.2 Å². The van der Waals surface area contributed by atoms with Crippen LogP contribution in [0.5, 0.6) is 5.75 Å². The van der Waals surface area contributed by atoms with Crippen molar-refractivity contribution in [2.75, 3.05) is 54.9 Å². The molecule has 2 aromatic carbocycles. The van der Waals surface area contributed by atoms with Gasteiger partial charge in [0.05, 0.1) is 35.1 Å². The number of nitrogens with one attached hydrogen (secondary N) is 3. The first kappa shape index (κ1) is 42.5. The number of alkyl halides is 2. The Bertz CT molecular complexity index is 2770. The summed E-state index contributed by atoms with van der Waals surface area (Å²) in [6.45, 7) is 7.79. The minimum Gasteiger partial charge on any atom is -0.480 e. The molecular weight excluding hydrogens is 849 g/mol. The maximum atomic E-state index is 16.3. The van der Waals surface area contributed by atoms with Crippen molar-refractivity contribution >= 4 is 68.4 Å². The number of benzene rings is 2. The van der Waals surface area contributed by atoms with Crippen LogP contribution in [-0.4, -0.2) is 92.3 Å². The summed E-state index contributed by atoms with van der Waals surface area (Å²) in [6, 6.07) is 7.96. The predicted octanol–water partition coefficient (Wildman–Crippen LogP) is 7.22. The van der Waals surface area contributed by atoms with E-state index in [0.29, 0.717) is 80.7 Å². The van der Waals surface area contributed by atoms with E-state index in [1.54, 1.807) is 38.5 Å². The number of fused-ring (bicyclic) bond motifs is 4. The number of carbonyl (C=O) groups is 2. The molecule has 338 valence electrons. The number of likely N-dealkylation sites (tertiary alicyclic amines) is 1. The summed E-state index contributed by atoms with van der Waals surface area (Å²) < 4.78 is 55.1. The molecule has 3 unspecified atom stereocenters. The number of ether oxygens (including phenoxy) is 1. The summed E-state index contributed by atoms with van der Waals surface area (Å²) in [7, 11) is 3.30. The number of aryl methyl sites for hydroxylation is 2. The summed E-state index contributed by atoms with van der Waals surface area (Å²) in [6.07, 6.45) is 6.13. The van der Waals surface area contributed by atoms with E-state index in [4.69, 9.17) is 21.3 Å². The smallest absolute Gasteiger partial charge is 0.301 e. The van der Waals surface area contributed by atoms with Crippen LogP contribution in [0.3, 0.4) is 0 Å². The van der Waals surface area contributed by atoms with E-state index in [1.807, 2.05) is 12.1 Å². The Morgan fingerprint density at radius 1 is 0.984 bits per heavy atom. The van der Waals surface area contributed by atoms with Crippen LogP contribution < -0.4 is 31.1 Å². The number of hydrogen-bond donors (Lipinski definition) is 3. The van der Waals surface area contributed by atoms with Crippen molar-refractivity contribution in [3.63, 3.8) is 0 Å². The second kappa shape index (κ2) is 15.9. The van der Waals surface area contributed by atoms with Gasteiger partial charge in [0.2, 0.25) is 23.5 Å². The van der Waals surface area contributed by atoms with Crippen LogP contribution in [0.4, 0.5) is 36.3 Å². The standard InChI is InChI=1S/C46H52ClF3N10O4/c1-45(2)22-60(18-15-26(45)21-59-16-13-24(14-17-59)28-8-9-29-36(56-58(4)38(29)35(28)48)30-10-12-34(61)53-42(30)62)44-51-20-32(47)41(55-44)52-27-7-11-33-31(19-27)37-39(43(63)57(33)3)64-23-46(49,50)40(54-37)25-5-6-25/h7-9,11,19-20,24-26,30,40,54H,5-6,10,12-18,21-23H2,1-4H3,(H,51,52,55)(H,53,61,62). The fourth-order valence-electron chi connectivity index (χ4n) is 10.6. The third-order valence-electron chi connectivity index (χ3n) is 14.4. The minimum atomic E-state index is -3.14. The fraction of sp³-hybridized carbons (Fsp3) is 0.522. The second-order valence-electron chi connectivity index (χ2n) is 19.1. The molecule has 14 nitrogen and oxygen atoms in total. The molecule has 4 fully saturated rings. The number of aromatic nitrogens is 5. The maximum absolute atomic E-state index is 16.3. The molecule has 0 bridgehead atoms. The number of carbonyl (C=O) groups excluding carboxylic acids is 2. The molecule has 2 amide bonds. The second-order valence-corrected chi connectivity index (χ2v) is 19.6. The summed E-state index contributed by atoms with van der Waals surface area (Å²) in [5.41, 5.74) is 2.44. The van der Waals surface area contributed by atoms with Gasteiger partial charge in [-0.25, -0.2) is 18.2 Å². The number of anilines is 4. The van der Waals surface area contributed by atoms with E-state index in [9.17, 15) is 14.4 Å². The van der Waals surface area contributed by atoms with Crippen LogP contribution in [0.15, 0.2) is 41.3 Å². The van der Waals surface area contributed by atoms with Crippen molar-refractivity contribution in [3.8, 4) is 5.75 Å². The molecule has 3 saturated heterocycles. The highest BCUT2D eigenvalue weighted by molar-refractivity contribution is 6.33. The molecule has 3 N–H and O–H groups in total. The van der Waals surface area contributed by atoms with E-state index in [-0.39, 0.29) is 52.7 Å². The number of rotatable bonds is 8. The van der Waals surface area contributed by atoms with Gasteiger partial charge in [0.15, 0.2) is 18.2 Å². The van der Waals surface area contributed by atoms with Crippen LogP contribution in [-0.2, 0) is 23.7 Å². The van der Waals surface area contributed by atoms with E-state index in [0.717, 1.165) is 52.0 Å². The van der Waals surface area contributed by atoms with Crippen LogP contribution in [0, 0.1) is 23.1 Å². The molecule has 7 heterocycles. The van der Waals surface area contributed by atoms with Gasteiger partial charge in [0.1, 0.15) is 10.5 Å². The first-order valence-corrected chi connectivity index (χ1v) is 22.6. The van der Waals surface area contributed by atoms with Gasteiger partial charge < -0.3 is 29.7 Å². The van der Waals surface area contributed by atoms with Gasteiger partial charge in [-0.15, -0.1) is 0 Å². The molecule has 5 aliphatic rings. The zero-order valence-electron chi connectivity index (χ0n) is 36.3. The molecule has 64 heavy (non-hydrogen) atoms. The number of hydrogen-bond acceptors (Lipinski definition) is 11. The molecule has 1 saturated carbocycles. The molecule has 3 atom stereocenters. The summed E-state index contributed by atoms with van der Waals surface area (Å²) in [5.74, 6) is -3.62. The Kier molecular flexibility index (Phi) is 10.6. The van der Waals surface area contributed by atoms with Crippen molar-refractivity contribution < 1.29 is 27.5 Å². The van der Waals surface area contributed by atoms with Crippen LogP contribution >= 0.6 is 11.6 Å². The molecule has 18 heteroatoms. The summed E-state index contributed by atoms with van der Waals surface area (Å²) >= 11 is 6.68. The third-order valence-corrected chi connectivity index (χ3v) is 14.7. The van der Waals surface area contributed by atoms with Crippen molar-refractivity contribution in [1.82, 2.24) is 34.5 Å². The Labute approximate surface area is 372 Å². The van der Waals surface area contributed by atoms with Crippen LogP contribution in [0.2, 0.25) is 5.02 Å². The molecule has 1 aliphatic carbocycles. The molecule has 3 aromatic heterocycles. The third kappa shape index (κ3) is 7.61. The van der Waals surface area contributed by atoms with Gasteiger partial charge in [0, 0.05) is 56.6 Å². The quantitative estimate of drug-likeness (QED) is 0.136. The lowest BCUT2D eigenvalue weighted by Gasteiger charge is -2.46. The van der Waals surface area contributed by atoms with Crippen molar-refractivity contribution in [2.24, 2.45) is 31.3 Å². The van der Waals surface area contributed by atoms with Gasteiger partial charge in [-0.2, -0.15) is 10.1 Å². The normalized spacial score (nSPS) is 23.9. The first-order chi connectivity index (χ1) is 30.6. The van der Waals surface area contributed by atoms with Gasteiger partial charge in [-0.05, 0) is 98.5 Å². The molecule has 10 rings (SSSR count). The SMILES string of the molecule is Cn1nc(C2CCC(=O)NC2=O)c2ccc(C3CCN(CC4CCN(c5ncc(Cl)c(Nc6ccc7c(c6)c6c(c(=O)n7C)OCC(F)(F)C(C7CC7)N6)n5)CC4(C)C)CC3)c(F)c21. The highest BCUT2D eigenvalue weighted by atomic mass is 35.5. The lowest BCUT2D eigenvalue weighted by Crippen LogP contribution is -2.50. The number of nitrogens with zero attached hydrogens (tertiary/aromatic N) is 7. The van der Waals surface area contributed by atoms with Gasteiger partial charge >= 0.3 is 5.92 Å². The minimum absolute atomic E-state index is 0.0610. The van der Waals surface area contributed by atoms with E-state index < -0.39 is 30.0 Å². The predicted molar refractivity (Wildman–Crippen MR) is 238 cm³/mol. The van der Waals surface area contributed by atoms with Gasteiger partial charge in [-0.3, -0.25) is 24.4 Å². The zero-order valence-corrected chi connectivity index (χ0v) is 37.1. The highest BCUT2D eigenvalue weighted by Crippen LogP contribution is 2.46. The lowest BCUT2D eigenvalue weighted by molar-refractivity contribution is -0.134. The van der Waals surface area contributed by atoms with Crippen molar-refractivity contribution in [1.29, 1.82) is 0 Å². The number of imide groups is 1. The number of halogens is 4. The summed E-state index contributed by atoms with van der Waals surface area (Å²) in [4.78, 5) is 51.8. The topological polar surface area (TPSA) is 152 Å². The highest BCUT2D eigenvalue weighted by Gasteiger charge is 2.51. The average molecular weight is 901 g/mol. The lowest BCUT2D eigenvalue weighted by atomic mass is 9.73. The number of pyridine rings is 1. The molecule has 4 aliphatic heterocycles. The van der Waals surface area contributed by atoms with E-state index in [2.05, 4.69) is 49.7 Å². The van der Waals surface area contributed by atoms with Gasteiger partial charge in [0.25, 0.3) is 5.56 Å². The zero-order chi connectivity index (χ0) is 44.8. The fourth-order valence-corrected chi connectivity index (χ4v) is 10.7. The Hall–Kier alpha value is -5.42. The Balaban J connectivity index is 0.798. The van der Waals surface area contributed by atoms with Crippen LogP contribution in [0.1, 0.15) is 81.9 Å². The number of amides is 2. The van der Waals surface area contributed by atoms with E-state index in [1.165, 1.54) is 9.25 Å². The Morgan fingerprint density at radius 3 is 2.50 bits per heavy atom. The van der Waals surface area contributed by atoms with Crippen molar-refractivity contribution in [3.05, 3.63) is 69.0 Å². The van der Waals surface area contributed by atoms with Gasteiger partial charge in [-0.1, -0.05) is 37.6 Å². The first-order valence-electron chi connectivity index (χ1n) is 22.3. The summed E-state index contributed by atoms with van der Waals surface area (Å²) in [5, 5.41) is 14.8. The molecule has 5 aromatic rings. The maximum Gasteiger partial charge on any atom is 0.301 e. The molecule has 0 radical (unpaired) electrons. The number of piperidine rings is 3.